The van der Waals surface area contributed by atoms with E-state index in [1.807, 2.05) is 18.2 Å². The second kappa shape index (κ2) is 3.38. The molecular weight excluding hydrogens is 178 g/mol. The Morgan fingerprint density at radius 2 is 1.79 bits per heavy atom. The van der Waals surface area contributed by atoms with Crippen molar-refractivity contribution in [2.75, 3.05) is 0 Å². The molecule has 0 spiro atoms. The minimum absolute atomic E-state index is 0.413. The Labute approximate surface area is 81.1 Å². The lowest BCUT2D eigenvalue weighted by Gasteiger charge is -1.98. The third-order valence-electron chi connectivity index (χ3n) is 2.02. The monoisotopic (exact) mass is 187 g/mol. The molecule has 0 saturated carbocycles. The lowest BCUT2D eigenvalue weighted by atomic mass is 10.1. The Kier molecular flexibility index (Phi) is 2.07. The lowest BCUT2D eigenvalue weighted by Crippen LogP contribution is -2.10. The molecule has 0 bridgehead atoms. The molecule has 0 saturated heterocycles. The van der Waals surface area contributed by atoms with Crippen LogP contribution in [-0.4, -0.2) is 5.91 Å². The molecule has 1 aromatic heterocycles. The Hall–Kier alpha value is -2.03. The standard InChI is InChI=1S/C11H9NO2/c12-11(13)9-3-1-8(2-4-9)10-5-6-14-7-10/h1-7H,(H2,12,13). The van der Waals surface area contributed by atoms with Crippen molar-refractivity contribution in [3.63, 3.8) is 0 Å². The fourth-order valence-electron chi connectivity index (χ4n) is 1.26. The van der Waals surface area contributed by atoms with Gasteiger partial charge in [-0.25, -0.2) is 0 Å². The third kappa shape index (κ3) is 1.52. The van der Waals surface area contributed by atoms with E-state index in [0.29, 0.717) is 5.56 Å². The van der Waals surface area contributed by atoms with Gasteiger partial charge in [0.2, 0.25) is 5.91 Å². The number of amides is 1. The van der Waals surface area contributed by atoms with Crippen LogP contribution in [0.3, 0.4) is 0 Å². The van der Waals surface area contributed by atoms with Gasteiger partial charge in [0.05, 0.1) is 12.5 Å². The zero-order valence-corrected chi connectivity index (χ0v) is 7.44. The Morgan fingerprint density at radius 3 is 2.29 bits per heavy atom. The normalized spacial score (nSPS) is 10.0. The van der Waals surface area contributed by atoms with E-state index in [1.54, 1.807) is 24.7 Å². The molecule has 0 aliphatic heterocycles. The first-order valence-electron chi connectivity index (χ1n) is 4.20. The summed E-state index contributed by atoms with van der Waals surface area (Å²) in [7, 11) is 0. The number of benzene rings is 1. The molecular formula is C11H9NO2. The lowest BCUT2D eigenvalue weighted by molar-refractivity contribution is 0.100. The zero-order chi connectivity index (χ0) is 9.97. The second-order valence-electron chi connectivity index (χ2n) is 2.95. The summed E-state index contributed by atoms with van der Waals surface area (Å²) >= 11 is 0. The van der Waals surface area contributed by atoms with Gasteiger partial charge >= 0.3 is 0 Å². The summed E-state index contributed by atoms with van der Waals surface area (Å²) in [5.41, 5.74) is 7.63. The molecule has 1 heterocycles. The van der Waals surface area contributed by atoms with Crippen molar-refractivity contribution >= 4 is 5.91 Å². The van der Waals surface area contributed by atoms with E-state index in [4.69, 9.17) is 10.2 Å². The van der Waals surface area contributed by atoms with E-state index >= 15 is 0 Å². The van der Waals surface area contributed by atoms with Gasteiger partial charge in [0, 0.05) is 11.1 Å². The maximum absolute atomic E-state index is 10.8. The summed E-state index contributed by atoms with van der Waals surface area (Å²) in [6, 6.07) is 8.94. The van der Waals surface area contributed by atoms with E-state index < -0.39 is 5.91 Å². The van der Waals surface area contributed by atoms with Gasteiger partial charge in [-0.1, -0.05) is 12.1 Å². The van der Waals surface area contributed by atoms with Gasteiger partial charge in [-0.05, 0) is 23.8 Å². The van der Waals surface area contributed by atoms with Crippen LogP contribution >= 0.6 is 0 Å². The molecule has 1 amide bonds. The van der Waals surface area contributed by atoms with Gasteiger partial charge in [-0.3, -0.25) is 4.79 Å². The average Bonchev–Trinajstić information content (AvgIpc) is 2.71. The zero-order valence-electron chi connectivity index (χ0n) is 7.44. The summed E-state index contributed by atoms with van der Waals surface area (Å²) < 4.78 is 4.95. The molecule has 70 valence electrons. The molecule has 1 aromatic carbocycles. The van der Waals surface area contributed by atoms with Gasteiger partial charge in [0.1, 0.15) is 0 Å². The predicted octanol–water partition coefficient (Wildman–Crippen LogP) is 2.05. The van der Waals surface area contributed by atoms with Crippen molar-refractivity contribution < 1.29 is 9.21 Å². The summed E-state index contributed by atoms with van der Waals surface area (Å²) in [5.74, 6) is -0.413. The van der Waals surface area contributed by atoms with Crippen LogP contribution in [0.2, 0.25) is 0 Å². The smallest absolute Gasteiger partial charge is 0.248 e. The minimum atomic E-state index is -0.413. The first kappa shape index (κ1) is 8.56. The Morgan fingerprint density at radius 1 is 1.07 bits per heavy atom. The molecule has 2 N–H and O–H groups in total. The number of rotatable bonds is 2. The van der Waals surface area contributed by atoms with Gasteiger partial charge in [0.25, 0.3) is 0 Å². The van der Waals surface area contributed by atoms with E-state index in [-0.39, 0.29) is 0 Å². The third-order valence-corrected chi connectivity index (χ3v) is 2.02. The number of furan rings is 1. The molecule has 14 heavy (non-hydrogen) atoms. The van der Waals surface area contributed by atoms with Gasteiger partial charge in [0.15, 0.2) is 0 Å². The van der Waals surface area contributed by atoms with Crippen LogP contribution in [0, 0.1) is 0 Å². The molecule has 0 atom stereocenters. The highest BCUT2D eigenvalue weighted by Gasteiger charge is 2.01. The number of primary amides is 1. The molecule has 0 radical (unpaired) electrons. The minimum Gasteiger partial charge on any atom is -0.472 e. The molecule has 3 heteroatoms. The number of hydrogen-bond donors (Lipinski definition) is 1. The predicted molar refractivity (Wildman–Crippen MR) is 52.7 cm³/mol. The van der Waals surface area contributed by atoms with Gasteiger partial charge in [-0.2, -0.15) is 0 Å². The number of carbonyl (C=O) groups excluding carboxylic acids is 1. The molecule has 0 aliphatic rings. The molecule has 0 aliphatic carbocycles. The van der Waals surface area contributed by atoms with Crippen molar-refractivity contribution in [1.29, 1.82) is 0 Å². The summed E-state index contributed by atoms with van der Waals surface area (Å²) in [6.07, 6.45) is 3.26. The fraction of sp³-hybridized carbons (Fsp3) is 0. The van der Waals surface area contributed by atoms with Crippen LogP contribution in [0.4, 0.5) is 0 Å². The van der Waals surface area contributed by atoms with Crippen LogP contribution in [0.25, 0.3) is 11.1 Å². The van der Waals surface area contributed by atoms with Crippen molar-refractivity contribution in [2.24, 2.45) is 5.73 Å². The summed E-state index contributed by atoms with van der Waals surface area (Å²) in [6.45, 7) is 0. The maximum Gasteiger partial charge on any atom is 0.248 e. The molecule has 2 aromatic rings. The van der Waals surface area contributed by atoms with Crippen molar-refractivity contribution in [2.45, 2.75) is 0 Å². The van der Waals surface area contributed by atoms with Crippen LogP contribution < -0.4 is 5.73 Å². The topological polar surface area (TPSA) is 56.2 Å². The largest absolute Gasteiger partial charge is 0.472 e. The molecule has 0 unspecified atom stereocenters. The first-order valence-corrected chi connectivity index (χ1v) is 4.20. The van der Waals surface area contributed by atoms with E-state index in [1.165, 1.54) is 0 Å². The van der Waals surface area contributed by atoms with Gasteiger partial charge < -0.3 is 10.2 Å². The first-order chi connectivity index (χ1) is 6.77. The molecule has 0 fully saturated rings. The summed E-state index contributed by atoms with van der Waals surface area (Å²) in [5, 5.41) is 0. The highest BCUT2D eigenvalue weighted by atomic mass is 16.3. The van der Waals surface area contributed by atoms with Crippen LogP contribution in [-0.2, 0) is 0 Å². The Bertz CT molecular complexity index is 429. The number of carbonyl (C=O) groups is 1. The fourth-order valence-corrected chi connectivity index (χ4v) is 1.26. The SMILES string of the molecule is NC(=O)c1ccc(-c2ccoc2)cc1. The number of nitrogens with two attached hydrogens (primary N) is 1. The van der Waals surface area contributed by atoms with Crippen LogP contribution in [0.15, 0.2) is 47.3 Å². The van der Waals surface area contributed by atoms with E-state index in [0.717, 1.165) is 11.1 Å². The van der Waals surface area contributed by atoms with E-state index in [2.05, 4.69) is 0 Å². The quantitative estimate of drug-likeness (QED) is 0.782. The van der Waals surface area contributed by atoms with Crippen molar-refractivity contribution in [1.82, 2.24) is 0 Å². The molecule has 2 rings (SSSR count). The summed E-state index contributed by atoms with van der Waals surface area (Å²) in [4.78, 5) is 10.8. The molecule has 3 nitrogen and oxygen atoms in total. The average molecular weight is 187 g/mol. The van der Waals surface area contributed by atoms with Crippen molar-refractivity contribution in [3.8, 4) is 11.1 Å². The Balaban J connectivity index is 2.36. The van der Waals surface area contributed by atoms with E-state index in [9.17, 15) is 4.79 Å². The van der Waals surface area contributed by atoms with Crippen molar-refractivity contribution in [3.05, 3.63) is 48.4 Å². The highest BCUT2D eigenvalue weighted by molar-refractivity contribution is 5.93. The maximum atomic E-state index is 10.8. The second-order valence-corrected chi connectivity index (χ2v) is 2.95. The van der Waals surface area contributed by atoms with Gasteiger partial charge in [-0.15, -0.1) is 0 Å². The van der Waals surface area contributed by atoms with Crippen LogP contribution in [0.5, 0.6) is 0 Å². The number of hydrogen-bond acceptors (Lipinski definition) is 2. The van der Waals surface area contributed by atoms with Crippen LogP contribution in [0.1, 0.15) is 10.4 Å². The highest BCUT2D eigenvalue weighted by Crippen LogP contribution is 2.19.